The molecular weight excluding hydrogens is 280 g/mol. The fourth-order valence-electron chi connectivity index (χ4n) is 5.53. The van der Waals surface area contributed by atoms with Crippen LogP contribution in [0.4, 0.5) is 0 Å². The van der Waals surface area contributed by atoms with E-state index in [9.17, 15) is 4.79 Å². The van der Waals surface area contributed by atoms with E-state index in [-0.39, 0.29) is 12.2 Å². The summed E-state index contributed by atoms with van der Waals surface area (Å²) >= 11 is 1.83. The normalized spacial score (nSPS) is 47.2. The molecule has 2 heterocycles. The van der Waals surface area contributed by atoms with Gasteiger partial charge in [0.25, 0.3) is 0 Å². The van der Waals surface area contributed by atoms with E-state index in [0.29, 0.717) is 11.9 Å². The molecule has 4 fully saturated rings. The van der Waals surface area contributed by atoms with Crippen molar-refractivity contribution >= 4 is 17.2 Å². The van der Waals surface area contributed by atoms with E-state index < -0.39 is 0 Å². The minimum Gasteiger partial charge on any atom is -0.317 e. The Labute approximate surface area is 129 Å². The summed E-state index contributed by atoms with van der Waals surface area (Å²) in [5.41, 5.74) is 0. The maximum Gasteiger partial charge on any atom is 0.241 e. The number of carbonyl (C=O) groups is 1. The molecule has 21 heavy (non-hydrogen) atoms. The summed E-state index contributed by atoms with van der Waals surface area (Å²) in [5, 5.41) is 3.53. The molecule has 4 heteroatoms. The van der Waals surface area contributed by atoms with Crippen molar-refractivity contribution in [2.75, 3.05) is 0 Å². The van der Waals surface area contributed by atoms with E-state index in [0.717, 1.165) is 23.7 Å². The fraction of sp³-hybridized carbons (Fsp3) is 0.706. The molecule has 5 rings (SSSR count). The van der Waals surface area contributed by atoms with E-state index in [1.807, 2.05) is 18.3 Å². The lowest BCUT2D eigenvalue weighted by Crippen LogP contribution is -2.35. The Balaban J connectivity index is 1.47. The van der Waals surface area contributed by atoms with Crippen LogP contribution in [0.1, 0.15) is 42.1 Å². The van der Waals surface area contributed by atoms with Gasteiger partial charge in [0.1, 0.15) is 6.17 Å². The van der Waals surface area contributed by atoms with Gasteiger partial charge in [0, 0.05) is 15.8 Å². The van der Waals surface area contributed by atoms with Crippen LogP contribution in [0.25, 0.3) is 0 Å². The highest BCUT2D eigenvalue weighted by Gasteiger charge is 2.69. The molecule has 1 aromatic rings. The van der Waals surface area contributed by atoms with Gasteiger partial charge < -0.3 is 4.90 Å². The second kappa shape index (κ2) is 4.11. The molecule has 2 bridgehead atoms. The van der Waals surface area contributed by atoms with E-state index >= 15 is 0 Å². The number of nitrogens with one attached hydrogen (secondary N) is 1. The minimum absolute atomic E-state index is 0.0311. The maximum atomic E-state index is 12.7. The molecule has 1 N–H and O–H groups in total. The topological polar surface area (TPSA) is 32.3 Å². The summed E-state index contributed by atoms with van der Waals surface area (Å²) in [6, 6.07) is 4.87. The zero-order valence-corrected chi connectivity index (χ0v) is 13.4. The third-order valence-electron chi connectivity index (χ3n) is 6.36. The van der Waals surface area contributed by atoms with Gasteiger partial charge in [-0.1, -0.05) is 0 Å². The zero-order chi connectivity index (χ0) is 14.3. The van der Waals surface area contributed by atoms with Crippen molar-refractivity contribution in [1.82, 2.24) is 10.2 Å². The molecule has 3 saturated carbocycles. The zero-order valence-electron chi connectivity index (χ0n) is 12.6. The molecule has 0 radical (unpaired) electrons. The number of thiophene rings is 1. The van der Waals surface area contributed by atoms with Crippen molar-refractivity contribution in [3.05, 3.63) is 21.9 Å². The number of carbonyl (C=O) groups excluding carboxylic acids is 1. The average molecular weight is 302 g/mol. The Hall–Kier alpha value is -0.870. The van der Waals surface area contributed by atoms with Crippen LogP contribution >= 0.6 is 11.3 Å². The number of amides is 1. The van der Waals surface area contributed by atoms with Crippen LogP contribution in [0.15, 0.2) is 12.1 Å². The molecule has 1 aliphatic heterocycles. The van der Waals surface area contributed by atoms with Gasteiger partial charge >= 0.3 is 0 Å². The summed E-state index contributed by atoms with van der Waals surface area (Å²) in [5.74, 6) is 3.80. The Morgan fingerprint density at radius 1 is 1.24 bits per heavy atom. The summed E-state index contributed by atoms with van der Waals surface area (Å²) in [7, 11) is 0. The van der Waals surface area contributed by atoms with Gasteiger partial charge in [-0.2, -0.15) is 0 Å². The van der Waals surface area contributed by atoms with Gasteiger partial charge in [0.05, 0.1) is 6.04 Å². The standard InChI is InChI=1S/C17H22N2OS/c1-8-3-6-12(21-8)16-18-9(2)17(20)19(16)15-13-10-4-5-11(7-10)14(13)15/h3,6,9-11,13-16,18H,4-5,7H2,1-2H3. The minimum atomic E-state index is -0.0311. The largest absolute Gasteiger partial charge is 0.317 e. The SMILES string of the molecule is Cc1ccc(C2NC(C)C(=O)N2C2C3C4CCC(C4)C32)s1. The highest BCUT2D eigenvalue weighted by atomic mass is 32.1. The second-order valence-corrected chi connectivity index (χ2v) is 8.78. The Morgan fingerprint density at radius 3 is 2.57 bits per heavy atom. The Morgan fingerprint density at radius 2 is 1.95 bits per heavy atom. The van der Waals surface area contributed by atoms with Crippen LogP contribution in [0.5, 0.6) is 0 Å². The number of hydrogen-bond acceptors (Lipinski definition) is 3. The molecule has 6 unspecified atom stereocenters. The summed E-state index contributed by atoms with van der Waals surface area (Å²) in [4.78, 5) is 17.6. The molecule has 1 aromatic heterocycles. The third kappa shape index (κ3) is 1.61. The fourth-order valence-corrected chi connectivity index (χ4v) is 6.47. The molecule has 1 amide bonds. The number of aryl methyl sites for hydroxylation is 1. The predicted octanol–water partition coefficient (Wildman–Crippen LogP) is 2.92. The lowest BCUT2D eigenvalue weighted by atomic mass is 10.0. The van der Waals surface area contributed by atoms with Crippen molar-refractivity contribution < 1.29 is 4.79 Å². The highest BCUT2D eigenvalue weighted by Crippen LogP contribution is 2.68. The average Bonchev–Trinajstić information content (AvgIpc) is 2.89. The van der Waals surface area contributed by atoms with Gasteiger partial charge in [0.15, 0.2) is 0 Å². The van der Waals surface area contributed by atoms with Crippen molar-refractivity contribution in [1.29, 1.82) is 0 Å². The van der Waals surface area contributed by atoms with Crippen LogP contribution < -0.4 is 5.32 Å². The van der Waals surface area contributed by atoms with E-state index in [2.05, 4.69) is 29.3 Å². The Kier molecular flexibility index (Phi) is 2.47. The van der Waals surface area contributed by atoms with Gasteiger partial charge in [0.2, 0.25) is 5.91 Å². The van der Waals surface area contributed by atoms with Crippen LogP contribution in [-0.4, -0.2) is 22.9 Å². The molecule has 112 valence electrons. The quantitative estimate of drug-likeness (QED) is 0.911. The number of fused-ring (bicyclic) bond motifs is 5. The van der Waals surface area contributed by atoms with Crippen LogP contribution in [0.3, 0.4) is 0 Å². The molecular formula is C17H22N2OS. The third-order valence-corrected chi connectivity index (χ3v) is 7.41. The molecule has 3 aliphatic carbocycles. The highest BCUT2D eigenvalue weighted by molar-refractivity contribution is 7.12. The van der Waals surface area contributed by atoms with Gasteiger partial charge in [-0.3, -0.25) is 10.1 Å². The first-order valence-electron chi connectivity index (χ1n) is 8.29. The van der Waals surface area contributed by atoms with Gasteiger partial charge in [-0.15, -0.1) is 11.3 Å². The monoisotopic (exact) mass is 302 g/mol. The lowest BCUT2D eigenvalue weighted by molar-refractivity contribution is -0.131. The number of rotatable bonds is 2. The number of nitrogens with zero attached hydrogens (tertiary/aromatic N) is 1. The second-order valence-electron chi connectivity index (χ2n) is 7.46. The van der Waals surface area contributed by atoms with Gasteiger partial charge in [-0.25, -0.2) is 0 Å². The lowest BCUT2D eigenvalue weighted by Gasteiger charge is -2.26. The predicted molar refractivity (Wildman–Crippen MR) is 82.8 cm³/mol. The molecule has 0 aromatic carbocycles. The van der Waals surface area contributed by atoms with Crippen molar-refractivity contribution in [3.8, 4) is 0 Å². The number of hydrogen-bond donors (Lipinski definition) is 1. The summed E-state index contributed by atoms with van der Waals surface area (Å²) in [6.45, 7) is 4.16. The molecule has 6 atom stereocenters. The van der Waals surface area contributed by atoms with Crippen molar-refractivity contribution in [2.24, 2.45) is 23.7 Å². The summed E-state index contributed by atoms with van der Waals surface area (Å²) < 4.78 is 0. The van der Waals surface area contributed by atoms with E-state index in [4.69, 9.17) is 0 Å². The first-order valence-corrected chi connectivity index (χ1v) is 9.11. The van der Waals surface area contributed by atoms with E-state index in [1.165, 1.54) is 29.0 Å². The van der Waals surface area contributed by atoms with Gasteiger partial charge in [-0.05, 0) is 68.9 Å². The smallest absolute Gasteiger partial charge is 0.241 e. The summed E-state index contributed by atoms with van der Waals surface area (Å²) in [6.07, 6.45) is 4.40. The molecule has 3 nitrogen and oxygen atoms in total. The molecule has 4 aliphatic rings. The van der Waals surface area contributed by atoms with Crippen molar-refractivity contribution in [2.45, 2.75) is 51.4 Å². The molecule has 1 saturated heterocycles. The van der Waals surface area contributed by atoms with Crippen LogP contribution in [0.2, 0.25) is 0 Å². The molecule has 0 spiro atoms. The van der Waals surface area contributed by atoms with Crippen LogP contribution in [-0.2, 0) is 4.79 Å². The maximum absolute atomic E-state index is 12.7. The Bertz CT molecular complexity index is 596. The van der Waals surface area contributed by atoms with Crippen molar-refractivity contribution in [3.63, 3.8) is 0 Å². The van der Waals surface area contributed by atoms with E-state index in [1.54, 1.807) is 0 Å². The first-order chi connectivity index (χ1) is 10.1. The van der Waals surface area contributed by atoms with Crippen LogP contribution in [0, 0.1) is 30.6 Å². The first kappa shape index (κ1) is 12.7.